The van der Waals surface area contributed by atoms with E-state index in [-0.39, 0.29) is 46.3 Å². The molecule has 1 aliphatic rings. The minimum absolute atomic E-state index is 0. The van der Waals surface area contributed by atoms with Gasteiger partial charge in [-0.1, -0.05) is 37.2 Å². The Morgan fingerprint density at radius 3 is 2.59 bits per heavy atom. The monoisotopic (exact) mass is 415 g/mol. The van der Waals surface area contributed by atoms with Gasteiger partial charge in [-0.15, -0.1) is 0 Å². The molecule has 0 radical (unpaired) electrons. The molecule has 1 atom stereocenters. The Bertz CT molecular complexity index is 707. The zero-order valence-corrected chi connectivity index (χ0v) is 16.4. The number of hydrogen-bond donors (Lipinski definition) is 0. The molecule has 0 spiro atoms. The fraction of sp³-hybridized carbons (Fsp3) is 0.421. The van der Waals surface area contributed by atoms with Crippen molar-refractivity contribution >= 4 is 42.8 Å². The highest BCUT2D eigenvalue weighted by atomic mass is 35.5. The lowest BCUT2D eigenvalue weighted by molar-refractivity contribution is -0.148. The van der Waals surface area contributed by atoms with Gasteiger partial charge in [0.1, 0.15) is 6.04 Å². The van der Waals surface area contributed by atoms with Crippen LogP contribution in [0.2, 0.25) is 5.02 Å². The summed E-state index contributed by atoms with van der Waals surface area (Å²) in [6.07, 6.45) is 1.39. The van der Waals surface area contributed by atoms with Crippen LogP contribution in [-0.4, -0.2) is 49.4 Å². The lowest BCUT2D eigenvalue weighted by Gasteiger charge is -2.33. The van der Waals surface area contributed by atoms with Crippen LogP contribution in [0.3, 0.4) is 0 Å². The molecule has 0 amide bonds. The molecule has 1 aliphatic heterocycles. The number of piperidine rings is 1. The SMILES string of the molecule is C.CCOC(=O)/C=C1\CN([C@H](C(=O)OC)c2ccccc2Cl)CCC1=O.S. The molecule has 2 rings (SSSR count). The summed E-state index contributed by atoms with van der Waals surface area (Å²) in [4.78, 5) is 37.9. The van der Waals surface area contributed by atoms with Crippen molar-refractivity contribution in [3.8, 4) is 0 Å². The maximum atomic E-state index is 12.4. The third kappa shape index (κ3) is 6.37. The lowest BCUT2D eigenvalue weighted by Crippen LogP contribution is -2.42. The van der Waals surface area contributed by atoms with Gasteiger partial charge in [0, 0.05) is 36.2 Å². The molecular weight excluding hydrogens is 390 g/mol. The summed E-state index contributed by atoms with van der Waals surface area (Å²) in [7, 11) is 1.30. The zero-order chi connectivity index (χ0) is 18.4. The van der Waals surface area contributed by atoms with E-state index in [2.05, 4.69) is 0 Å². The molecule has 8 heteroatoms. The molecule has 0 N–H and O–H groups in total. The number of rotatable bonds is 5. The van der Waals surface area contributed by atoms with Crippen LogP contribution >= 0.6 is 25.1 Å². The average molecular weight is 416 g/mol. The van der Waals surface area contributed by atoms with Crippen molar-refractivity contribution < 1.29 is 23.9 Å². The molecule has 0 unspecified atom stereocenters. The number of carbonyl (C=O) groups is 3. The van der Waals surface area contributed by atoms with Crippen LogP contribution in [-0.2, 0) is 23.9 Å². The standard InChI is InChI=1S/C18H20ClNO5.CH4.H2S/c1-3-25-16(22)10-12-11-20(9-8-15(12)21)17(18(23)24-2)13-6-4-5-7-14(13)19;;/h4-7,10,17H,3,8-9,11H2,1-2H3;1H4;1H2/b12-10+;;/t17-;;/m0../s1. The molecule has 27 heavy (non-hydrogen) atoms. The van der Waals surface area contributed by atoms with Crippen molar-refractivity contribution in [2.45, 2.75) is 26.8 Å². The molecule has 1 fully saturated rings. The number of ether oxygens (including phenoxy) is 2. The van der Waals surface area contributed by atoms with E-state index in [4.69, 9.17) is 21.1 Å². The van der Waals surface area contributed by atoms with Gasteiger partial charge >= 0.3 is 11.9 Å². The van der Waals surface area contributed by atoms with Crippen molar-refractivity contribution in [3.63, 3.8) is 0 Å². The van der Waals surface area contributed by atoms with Crippen LogP contribution in [0.4, 0.5) is 0 Å². The molecule has 0 aromatic heterocycles. The van der Waals surface area contributed by atoms with Crippen molar-refractivity contribution in [1.29, 1.82) is 0 Å². The highest BCUT2D eigenvalue weighted by Crippen LogP contribution is 2.31. The van der Waals surface area contributed by atoms with Crippen LogP contribution in [0, 0.1) is 0 Å². The van der Waals surface area contributed by atoms with Crippen LogP contribution < -0.4 is 0 Å². The lowest BCUT2D eigenvalue weighted by atomic mass is 9.97. The third-order valence-corrected chi connectivity index (χ3v) is 4.27. The van der Waals surface area contributed by atoms with E-state index in [1.165, 1.54) is 13.2 Å². The minimum atomic E-state index is -0.752. The molecule has 1 aromatic rings. The molecule has 0 saturated carbocycles. The first-order valence-corrected chi connectivity index (χ1v) is 8.32. The molecule has 1 aromatic carbocycles. The van der Waals surface area contributed by atoms with Crippen LogP contribution in [0.1, 0.15) is 32.4 Å². The number of nitrogens with zero attached hydrogens (tertiary/aromatic N) is 1. The van der Waals surface area contributed by atoms with E-state index >= 15 is 0 Å². The molecule has 150 valence electrons. The fourth-order valence-corrected chi connectivity index (χ4v) is 2.98. The number of Topliss-reactive ketones (excluding diaryl/α,β-unsaturated/α-hetero) is 1. The smallest absolute Gasteiger partial charge is 0.331 e. The van der Waals surface area contributed by atoms with Gasteiger partial charge in [0.2, 0.25) is 0 Å². The first kappa shape index (κ1) is 25.2. The quantitative estimate of drug-likeness (QED) is 0.543. The summed E-state index contributed by atoms with van der Waals surface area (Å²) >= 11 is 6.24. The Balaban J connectivity index is 0.00000338. The van der Waals surface area contributed by atoms with Crippen molar-refractivity contribution in [2.75, 3.05) is 26.8 Å². The fourth-order valence-electron chi connectivity index (χ4n) is 2.75. The summed E-state index contributed by atoms with van der Waals surface area (Å²) in [5.41, 5.74) is 0.909. The first-order valence-electron chi connectivity index (χ1n) is 7.94. The van der Waals surface area contributed by atoms with E-state index < -0.39 is 18.0 Å². The van der Waals surface area contributed by atoms with E-state index in [1.54, 1.807) is 36.1 Å². The topological polar surface area (TPSA) is 72.9 Å². The predicted octanol–water partition coefficient (Wildman–Crippen LogP) is 3.07. The summed E-state index contributed by atoms with van der Waals surface area (Å²) in [5.74, 6) is -1.18. The van der Waals surface area contributed by atoms with Crippen molar-refractivity contribution in [3.05, 3.63) is 46.5 Å². The van der Waals surface area contributed by atoms with Gasteiger partial charge in [0.05, 0.1) is 13.7 Å². The van der Waals surface area contributed by atoms with Crippen LogP contribution in [0.25, 0.3) is 0 Å². The second kappa shape index (κ2) is 11.8. The van der Waals surface area contributed by atoms with E-state index in [0.29, 0.717) is 22.7 Å². The van der Waals surface area contributed by atoms with Gasteiger partial charge in [-0.05, 0) is 18.6 Å². The van der Waals surface area contributed by atoms with Gasteiger partial charge in [0.15, 0.2) is 5.78 Å². The largest absolute Gasteiger partial charge is 0.468 e. The van der Waals surface area contributed by atoms with Crippen LogP contribution in [0.15, 0.2) is 35.9 Å². The zero-order valence-electron chi connectivity index (χ0n) is 14.7. The predicted molar refractivity (Wildman–Crippen MR) is 109 cm³/mol. The van der Waals surface area contributed by atoms with Gasteiger partial charge in [-0.3, -0.25) is 9.69 Å². The number of esters is 2. The Hall–Kier alpha value is -1.83. The number of methoxy groups -OCH3 is 1. The second-order valence-corrected chi connectivity index (χ2v) is 5.92. The average Bonchev–Trinajstić information content (AvgIpc) is 2.59. The highest BCUT2D eigenvalue weighted by Gasteiger charge is 2.34. The van der Waals surface area contributed by atoms with Crippen LogP contribution in [0.5, 0.6) is 0 Å². The molecule has 6 nitrogen and oxygen atoms in total. The number of halogens is 1. The third-order valence-electron chi connectivity index (χ3n) is 3.93. The van der Waals surface area contributed by atoms with E-state index in [9.17, 15) is 14.4 Å². The van der Waals surface area contributed by atoms with Gasteiger partial charge < -0.3 is 9.47 Å². The first-order chi connectivity index (χ1) is 12.0. The molecule has 0 bridgehead atoms. The number of carbonyl (C=O) groups excluding carboxylic acids is 3. The molecular formula is C19H26ClNO5S. The van der Waals surface area contributed by atoms with Gasteiger partial charge in [-0.25, -0.2) is 9.59 Å². The van der Waals surface area contributed by atoms with Gasteiger partial charge in [0.25, 0.3) is 0 Å². The van der Waals surface area contributed by atoms with Crippen molar-refractivity contribution in [1.82, 2.24) is 4.90 Å². The maximum absolute atomic E-state index is 12.4. The normalized spacial score (nSPS) is 16.7. The Morgan fingerprint density at radius 1 is 1.33 bits per heavy atom. The van der Waals surface area contributed by atoms with Crippen molar-refractivity contribution in [2.24, 2.45) is 0 Å². The van der Waals surface area contributed by atoms with E-state index in [1.807, 2.05) is 0 Å². The minimum Gasteiger partial charge on any atom is -0.468 e. The number of hydrogen-bond acceptors (Lipinski definition) is 6. The Labute approximate surface area is 171 Å². The Kier molecular flexibility index (Phi) is 11.0. The Morgan fingerprint density at radius 2 is 2.00 bits per heavy atom. The number of benzene rings is 1. The maximum Gasteiger partial charge on any atom is 0.331 e. The number of ketones is 1. The highest BCUT2D eigenvalue weighted by molar-refractivity contribution is 7.59. The summed E-state index contributed by atoms with van der Waals surface area (Å²) in [6, 6.07) is 6.23. The number of likely N-dealkylation sites (tertiary alicyclic amines) is 1. The summed E-state index contributed by atoms with van der Waals surface area (Å²) in [6.45, 7) is 2.42. The van der Waals surface area contributed by atoms with E-state index in [0.717, 1.165) is 0 Å². The molecule has 1 heterocycles. The summed E-state index contributed by atoms with van der Waals surface area (Å²) < 4.78 is 9.78. The molecule has 1 saturated heterocycles. The van der Waals surface area contributed by atoms with Gasteiger partial charge in [-0.2, -0.15) is 13.5 Å². The summed E-state index contributed by atoms with van der Waals surface area (Å²) in [5, 5.41) is 0.436. The molecule has 0 aliphatic carbocycles. The second-order valence-electron chi connectivity index (χ2n) is 5.51.